The van der Waals surface area contributed by atoms with Crippen molar-refractivity contribution in [3.05, 3.63) is 89.5 Å². The first-order valence-electron chi connectivity index (χ1n) is 7.19. The zero-order valence-electron chi connectivity index (χ0n) is 12.2. The molecule has 22 heavy (non-hydrogen) atoms. The highest BCUT2D eigenvalue weighted by Crippen LogP contribution is 2.12. The van der Waals surface area contributed by atoms with Crippen LogP contribution in [0.15, 0.2) is 67.0 Å². The molecule has 0 spiro atoms. The zero-order valence-corrected chi connectivity index (χ0v) is 12.2. The van der Waals surface area contributed by atoms with Gasteiger partial charge in [0.05, 0.1) is 0 Å². The minimum Gasteiger partial charge on any atom is -0.384 e. The average Bonchev–Trinajstić information content (AvgIpc) is 2.95. The van der Waals surface area contributed by atoms with E-state index in [-0.39, 0.29) is 5.84 Å². The number of imidazole rings is 1. The molecule has 0 aliphatic heterocycles. The third kappa shape index (κ3) is 3.23. The van der Waals surface area contributed by atoms with E-state index in [4.69, 9.17) is 11.1 Å². The number of benzene rings is 2. The first-order valence-corrected chi connectivity index (χ1v) is 7.19. The molecule has 3 rings (SSSR count). The van der Waals surface area contributed by atoms with Crippen molar-refractivity contribution in [1.82, 2.24) is 9.55 Å². The molecule has 4 nitrogen and oxygen atoms in total. The Balaban J connectivity index is 1.80. The number of amidine groups is 1. The van der Waals surface area contributed by atoms with Crippen molar-refractivity contribution in [3.8, 4) is 0 Å². The van der Waals surface area contributed by atoms with Gasteiger partial charge in [0.15, 0.2) is 0 Å². The Morgan fingerprint density at radius 1 is 1.05 bits per heavy atom. The Kier molecular flexibility index (Phi) is 4.01. The third-order valence-electron chi connectivity index (χ3n) is 3.60. The lowest BCUT2D eigenvalue weighted by molar-refractivity contribution is 0.740. The standard InChI is InChI=1S/C18H18N4/c19-18(20)16-8-4-7-15(11-16)13-22-10-9-21-17(22)12-14-5-2-1-3-6-14/h1-11H,12-13H2,(H3,19,20). The molecule has 0 saturated heterocycles. The second-order valence-electron chi connectivity index (χ2n) is 5.25. The molecule has 0 unspecified atom stereocenters. The van der Waals surface area contributed by atoms with Gasteiger partial charge in [-0.1, -0.05) is 48.5 Å². The van der Waals surface area contributed by atoms with Gasteiger partial charge in [0, 0.05) is 30.9 Å². The number of aromatic nitrogens is 2. The highest BCUT2D eigenvalue weighted by molar-refractivity contribution is 5.95. The van der Waals surface area contributed by atoms with Crippen LogP contribution in [0.1, 0.15) is 22.5 Å². The van der Waals surface area contributed by atoms with Gasteiger partial charge in [-0.2, -0.15) is 0 Å². The van der Waals surface area contributed by atoms with Gasteiger partial charge in [0.1, 0.15) is 11.7 Å². The normalized spacial score (nSPS) is 10.5. The summed E-state index contributed by atoms with van der Waals surface area (Å²) in [6.45, 7) is 0.725. The fraction of sp³-hybridized carbons (Fsp3) is 0.111. The largest absolute Gasteiger partial charge is 0.384 e. The summed E-state index contributed by atoms with van der Waals surface area (Å²) in [4.78, 5) is 4.46. The van der Waals surface area contributed by atoms with Crippen LogP contribution in [0.25, 0.3) is 0 Å². The molecule has 0 radical (unpaired) electrons. The van der Waals surface area contributed by atoms with Crippen LogP contribution in [-0.2, 0) is 13.0 Å². The Morgan fingerprint density at radius 3 is 2.59 bits per heavy atom. The summed E-state index contributed by atoms with van der Waals surface area (Å²) >= 11 is 0. The van der Waals surface area contributed by atoms with Gasteiger partial charge in [0.2, 0.25) is 0 Å². The van der Waals surface area contributed by atoms with Crippen molar-refractivity contribution in [2.75, 3.05) is 0 Å². The molecule has 3 aromatic rings. The summed E-state index contributed by atoms with van der Waals surface area (Å²) in [5.41, 5.74) is 8.66. The molecule has 2 aromatic carbocycles. The van der Waals surface area contributed by atoms with Gasteiger partial charge >= 0.3 is 0 Å². The Labute approximate surface area is 129 Å². The van der Waals surface area contributed by atoms with E-state index in [9.17, 15) is 0 Å². The maximum Gasteiger partial charge on any atom is 0.122 e. The summed E-state index contributed by atoms with van der Waals surface area (Å²) in [6, 6.07) is 18.1. The van der Waals surface area contributed by atoms with Crippen LogP contribution in [-0.4, -0.2) is 15.4 Å². The first-order chi connectivity index (χ1) is 10.7. The van der Waals surface area contributed by atoms with Crippen LogP contribution < -0.4 is 5.73 Å². The molecule has 110 valence electrons. The quantitative estimate of drug-likeness (QED) is 0.560. The molecular formula is C18H18N4. The van der Waals surface area contributed by atoms with Gasteiger partial charge in [-0.05, 0) is 17.2 Å². The Bertz CT molecular complexity index is 775. The summed E-state index contributed by atoms with van der Waals surface area (Å²) in [6.07, 6.45) is 4.62. The highest BCUT2D eigenvalue weighted by atomic mass is 15.1. The number of nitrogens with zero attached hydrogens (tertiary/aromatic N) is 2. The molecule has 1 aromatic heterocycles. The van der Waals surface area contributed by atoms with E-state index in [1.807, 2.05) is 54.9 Å². The van der Waals surface area contributed by atoms with Gasteiger partial charge in [0.25, 0.3) is 0 Å². The second kappa shape index (κ2) is 6.26. The van der Waals surface area contributed by atoms with E-state index in [0.29, 0.717) is 0 Å². The van der Waals surface area contributed by atoms with Crippen LogP contribution in [0.5, 0.6) is 0 Å². The van der Waals surface area contributed by atoms with Crippen molar-refractivity contribution >= 4 is 5.84 Å². The van der Waals surface area contributed by atoms with Crippen molar-refractivity contribution in [1.29, 1.82) is 5.41 Å². The molecule has 4 heteroatoms. The Hall–Kier alpha value is -2.88. The highest BCUT2D eigenvalue weighted by Gasteiger charge is 2.06. The molecule has 1 heterocycles. The van der Waals surface area contributed by atoms with Gasteiger partial charge in [-0.3, -0.25) is 5.41 Å². The summed E-state index contributed by atoms with van der Waals surface area (Å²) in [5.74, 6) is 1.12. The van der Waals surface area contributed by atoms with Crippen molar-refractivity contribution in [3.63, 3.8) is 0 Å². The predicted molar refractivity (Wildman–Crippen MR) is 88.0 cm³/mol. The molecule has 0 amide bonds. The average molecular weight is 290 g/mol. The predicted octanol–water partition coefficient (Wildman–Crippen LogP) is 2.81. The van der Waals surface area contributed by atoms with Gasteiger partial charge in [-0.25, -0.2) is 4.98 Å². The minimum atomic E-state index is 0.0944. The molecular weight excluding hydrogens is 272 g/mol. The summed E-state index contributed by atoms with van der Waals surface area (Å²) in [5, 5.41) is 7.53. The van der Waals surface area contributed by atoms with Crippen molar-refractivity contribution in [2.45, 2.75) is 13.0 Å². The topological polar surface area (TPSA) is 67.7 Å². The number of rotatable bonds is 5. The smallest absolute Gasteiger partial charge is 0.122 e. The SMILES string of the molecule is N=C(N)c1cccc(Cn2ccnc2Cc2ccccc2)c1. The fourth-order valence-corrected chi connectivity index (χ4v) is 2.46. The lowest BCUT2D eigenvalue weighted by atomic mass is 10.1. The van der Waals surface area contributed by atoms with Gasteiger partial charge in [-0.15, -0.1) is 0 Å². The van der Waals surface area contributed by atoms with E-state index in [1.54, 1.807) is 0 Å². The van der Waals surface area contributed by atoms with Crippen LogP contribution in [0.4, 0.5) is 0 Å². The van der Waals surface area contributed by atoms with Crippen LogP contribution >= 0.6 is 0 Å². The molecule has 0 atom stereocenters. The van der Waals surface area contributed by atoms with Crippen molar-refractivity contribution < 1.29 is 0 Å². The Morgan fingerprint density at radius 2 is 1.82 bits per heavy atom. The lowest BCUT2D eigenvalue weighted by Gasteiger charge is -2.09. The lowest BCUT2D eigenvalue weighted by Crippen LogP contribution is -2.12. The molecule has 0 aliphatic rings. The van der Waals surface area contributed by atoms with Crippen molar-refractivity contribution in [2.24, 2.45) is 5.73 Å². The van der Waals surface area contributed by atoms with E-state index in [0.717, 1.165) is 29.9 Å². The fourth-order valence-electron chi connectivity index (χ4n) is 2.46. The van der Waals surface area contributed by atoms with Gasteiger partial charge < -0.3 is 10.3 Å². The van der Waals surface area contributed by atoms with E-state index in [2.05, 4.69) is 21.7 Å². The van der Waals surface area contributed by atoms with Crippen LogP contribution in [0, 0.1) is 5.41 Å². The third-order valence-corrected chi connectivity index (χ3v) is 3.60. The number of nitrogen functional groups attached to an aromatic ring is 1. The maximum atomic E-state index is 7.53. The monoisotopic (exact) mass is 290 g/mol. The van der Waals surface area contributed by atoms with E-state index >= 15 is 0 Å². The van der Waals surface area contributed by atoms with E-state index < -0.39 is 0 Å². The summed E-state index contributed by atoms with van der Waals surface area (Å²) in [7, 11) is 0. The molecule has 0 saturated carbocycles. The zero-order chi connectivity index (χ0) is 15.4. The van der Waals surface area contributed by atoms with Crippen LogP contribution in [0.2, 0.25) is 0 Å². The number of nitrogens with one attached hydrogen (secondary N) is 1. The van der Waals surface area contributed by atoms with Crippen LogP contribution in [0.3, 0.4) is 0 Å². The summed E-state index contributed by atoms with van der Waals surface area (Å²) < 4.78 is 2.13. The minimum absolute atomic E-state index is 0.0944. The number of hydrogen-bond donors (Lipinski definition) is 2. The molecule has 3 N–H and O–H groups in total. The molecule has 0 fully saturated rings. The molecule has 0 aliphatic carbocycles. The van der Waals surface area contributed by atoms with E-state index in [1.165, 1.54) is 5.56 Å². The first kappa shape index (κ1) is 14.1. The molecule has 0 bridgehead atoms. The number of nitrogens with two attached hydrogens (primary N) is 1. The number of hydrogen-bond acceptors (Lipinski definition) is 2. The maximum absolute atomic E-state index is 7.53. The second-order valence-corrected chi connectivity index (χ2v) is 5.25.